The molecule has 96 valence electrons. The number of hydrogen-bond acceptors (Lipinski definition) is 3. The summed E-state index contributed by atoms with van der Waals surface area (Å²) in [6.07, 6.45) is 0. The second kappa shape index (κ2) is 4.97. The van der Waals surface area contributed by atoms with Crippen LogP contribution in [-0.2, 0) is 0 Å². The third kappa shape index (κ3) is 2.65. The fourth-order valence-corrected chi connectivity index (χ4v) is 1.81. The third-order valence-electron chi connectivity index (χ3n) is 2.74. The molecule has 0 radical (unpaired) electrons. The van der Waals surface area contributed by atoms with Crippen molar-refractivity contribution >= 4 is 11.5 Å². The van der Waals surface area contributed by atoms with Gasteiger partial charge in [-0.3, -0.25) is 14.9 Å². The Balaban J connectivity index is 2.61. The van der Waals surface area contributed by atoms with Crippen LogP contribution in [0.5, 0.6) is 0 Å². The van der Waals surface area contributed by atoms with Gasteiger partial charge >= 0.3 is 0 Å². The molecule has 0 aliphatic rings. The highest BCUT2D eigenvalue weighted by atomic mass is 19.1. The third-order valence-corrected chi connectivity index (χ3v) is 2.74. The van der Waals surface area contributed by atoms with Gasteiger partial charge < -0.3 is 0 Å². The van der Waals surface area contributed by atoms with E-state index in [9.17, 15) is 19.3 Å². The normalized spacial score (nSPS) is 10.2. The van der Waals surface area contributed by atoms with Gasteiger partial charge in [-0.1, -0.05) is 18.2 Å². The molecule has 0 aliphatic carbocycles. The van der Waals surface area contributed by atoms with Gasteiger partial charge in [0, 0.05) is 5.56 Å². The Morgan fingerprint density at radius 1 is 1.21 bits per heavy atom. The van der Waals surface area contributed by atoms with Crippen molar-refractivity contribution in [1.82, 2.24) is 0 Å². The molecule has 0 amide bonds. The minimum Gasteiger partial charge on any atom is -0.295 e. The van der Waals surface area contributed by atoms with Crippen molar-refractivity contribution in [2.75, 3.05) is 0 Å². The van der Waals surface area contributed by atoms with Gasteiger partial charge in [0.2, 0.25) is 0 Å². The minimum absolute atomic E-state index is 0.133. The molecule has 2 rings (SSSR count). The lowest BCUT2D eigenvalue weighted by molar-refractivity contribution is -0.384. The van der Waals surface area contributed by atoms with Gasteiger partial charge in [0.05, 0.1) is 16.6 Å². The second-order valence-electron chi connectivity index (χ2n) is 4.06. The fourth-order valence-electron chi connectivity index (χ4n) is 1.81. The quantitative estimate of drug-likeness (QED) is 0.480. The largest absolute Gasteiger partial charge is 0.295 e. The molecule has 4 nitrogen and oxygen atoms in total. The molecule has 0 N–H and O–H groups in total. The lowest BCUT2D eigenvalue weighted by Gasteiger charge is -2.05. The van der Waals surface area contributed by atoms with Gasteiger partial charge in [-0.2, -0.15) is 0 Å². The van der Waals surface area contributed by atoms with Gasteiger partial charge in [-0.05, 0) is 30.7 Å². The van der Waals surface area contributed by atoms with Gasteiger partial charge in [0.25, 0.3) is 5.69 Å². The number of ketones is 1. The summed E-state index contributed by atoms with van der Waals surface area (Å²) in [5.74, 6) is -0.801. The molecule has 0 saturated carbocycles. The number of carbonyl (C=O) groups is 1. The summed E-state index contributed by atoms with van der Waals surface area (Å²) in [5, 5.41) is 10.9. The second-order valence-corrected chi connectivity index (χ2v) is 4.06. The van der Waals surface area contributed by atoms with E-state index >= 15 is 0 Å². The molecule has 2 aromatic carbocycles. The maximum Gasteiger partial charge on any atom is 0.280 e. The van der Waals surface area contributed by atoms with E-state index in [2.05, 4.69) is 0 Å². The number of nitro groups is 1. The summed E-state index contributed by atoms with van der Waals surface area (Å²) in [6, 6.07) is 9.83. The number of carbonyl (C=O) groups excluding carboxylic acids is 1. The van der Waals surface area contributed by atoms with Crippen molar-refractivity contribution in [3.63, 3.8) is 0 Å². The highest BCUT2D eigenvalue weighted by Crippen LogP contribution is 2.30. The number of halogens is 1. The first-order chi connectivity index (χ1) is 8.99. The summed E-state index contributed by atoms with van der Waals surface area (Å²) in [5.41, 5.74) is 0.936. The first-order valence-corrected chi connectivity index (χ1v) is 5.54. The Morgan fingerprint density at radius 3 is 2.58 bits per heavy atom. The summed E-state index contributed by atoms with van der Waals surface area (Å²) in [6.45, 7) is 1.41. The maximum absolute atomic E-state index is 13.1. The van der Waals surface area contributed by atoms with Crippen LogP contribution in [0.1, 0.15) is 17.3 Å². The number of hydrogen-bond donors (Lipinski definition) is 0. The van der Waals surface area contributed by atoms with E-state index < -0.39 is 10.7 Å². The van der Waals surface area contributed by atoms with Crippen LogP contribution in [0.4, 0.5) is 10.1 Å². The molecule has 0 bridgehead atoms. The van der Waals surface area contributed by atoms with Gasteiger partial charge in [0.1, 0.15) is 5.82 Å². The van der Waals surface area contributed by atoms with Crippen molar-refractivity contribution in [1.29, 1.82) is 0 Å². The number of benzene rings is 2. The van der Waals surface area contributed by atoms with E-state index in [1.54, 1.807) is 24.3 Å². The zero-order valence-electron chi connectivity index (χ0n) is 10.1. The van der Waals surface area contributed by atoms with E-state index in [4.69, 9.17) is 0 Å². The lowest BCUT2D eigenvalue weighted by atomic mass is 10.0. The molecule has 0 spiro atoms. The van der Waals surface area contributed by atoms with Crippen LogP contribution in [-0.4, -0.2) is 10.7 Å². The Bertz CT molecular complexity index is 667. The van der Waals surface area contributed by atoms with Crippen molar-refractivity contribution in [3.05, 3.63) is 64.0 Å². The topological polar surface area (TPSA) is 60.2 Å². The molecule has 0 unspecified atom stereocenters. The van der Waals surface area contributed by atoms with Crippen LogP contribution in [0.3, 0.4) is 0 Å². The van der Waals surface area contributed by atoms with Crippen molar-refractivity contribution in [2.45, 2.75) is 6.92 Å². The summed E-state index contributed by atoms with van der Waals surface area (Å²) >= 11 is 0. The standard InChI is InChI=1S/C14H10FNO3/c1-9(17)10-3-2-4-11(7-10)13-6-5-12(15)8-14(13)16(18)19/h2-8H,1H3. The fraction of sp³-hybridized carbons (Fsp3) is 0.0714. The maximum atomic E-state index is 13.1. The van der Waals surface area contributed by atoms with Crippen LogP contribution < -0.4 is 0 Å². The molecule has 0 fully saturated rings. The Morgan fingerprint density at radius 2 is 1.95 bits per heavy atom. The molecule has 0 atom stereocenters. The predicted molar refractivity (Wildman–Crippen MR) is 68.5 cm³/mol. The van der Waals surface area contributed by atoms with E-state index in [0.717, 1.165) is 12.1 Å². The zero-order chi connectivity index (χ0) is 14.0. The van der Waals surface area contributed by atoms with E-state index in [1.165, 1.54) is 13.0 Å². The first kappa shape index (κ1) is 12.9. The van der Waals surface area contributed by atoms with Crippen LogP contribution in [0.25, 0.3) is 11.1 Å². The summed E-state index contributed by atoms with van der Waals surface area (Å²) in [4.78, 5) is 21.6. The predicted octanol–water partition coefficient (Wildman–Crippen LogP) is 3.60. The molecule has 0 saturated heterocycles. The van der Waals surface area contributed by atoms with Crippen molar-refractivity contribution in [2.24, 2.45) is 0 Å². The van der Waals surface area contributed by atoms with Gasteiger partial charge in [-0.15, -0.1) is 0 Å². The first-order valence-electron chi connectivity index (χ1n) is 5.54. The van der Waals surface area contributed by atoms with Crippen molar-refractivity contribution < 1.29 is 14.1 Å². The Hall–Kier alpha value is -2.56. The number of nitro benzene ring substituents is 1. The monoisotopic (exact) mass is 259 g/mol. The SMILES string of the molecule is CC(=O)c1cccc(-c2ccc(F)cc2[N+](=O)[O-])c1. The molecule has 0 heterocycles. The van der Waals surface area contributed by atoms with Crippen LogP contribution in [0.15, 0.2) is 42.5 Å². The zero-order valence-corrected chi connectivity index (χ0v) is 10.1. The van der Waals surface area contributed by atoms with E-state index in [1.807, 2.05) is 0 Å². The van der Waals surface area contributed by atoms with Crippen LogP contribution >= 0.6 is 0 Å². The number of rotatable bonds is 3. The average molecular weight is 259 g/mol. The highest BCUT2D eigenvalue weighted by molar-refractivity contribution is 5.95. The van der Waals surface area contributed by atoms with Crippen LogP contribution in [0, 0.1) is 15.9 Å². The molecule has 2 aromatic rings. The van der Waals surface area contributed by atoms with E-state index in [0.29, 0.717) is 11.1 Å². The summed E-state index contributed by atoms with van der Waals surface area (Å²) < 4.78 is 13.1. The number of nitrogens with zero attached hydrogens (tertiary/aromatic N) is 1. The van der Waals surface area contributed by atoms with Gasteiger partial charge in [0.15, 0.2) is 5.78 Å². The smallest absolute Gasteiger partial charge is 0.280 e. The number of Topliss-reactive ketones (excluding diaryl/α,β-unsaturated/α-hetero) is 1. The molecule has 19 heavy (non-hydrogen) atoms. The highest BCUT2D eigenvalue weighted by Gasteiger charge is 2.16. The Labute approximate surface area is 108 Å². The molecular formula is C14H10FNO3. The van der Waals surface area contributed by atoms with Crippen molar-refractivity contribution in [3.8, 4) is 11.1 Å². The molecular weight excluding hydrogens is 249 g/mol. The van der Waals surface area contributed by atoms with E-state index in [-0.39, 0.29) is 17.0 Å². The average Bonchev–Trinajstić information content (AvgIpc) is 2.38. The lowest BCUT2D eigenvalue weighted by Crippen LogP contribution is -1.95. The molecule has 5 heteroatoms. The summed E-state index contributed by atoms with van der Waals surface area (Å²) in [7, 11) is 0. The minimum atomic E-state index is -0.668. The van der Waals surface area contributed by atoms with Gasteiger partial charge in [-0.25, -0.2) is 4.39 Å². The Kier molecular flexibility index (Phi) is 3.37. The molecule has 0 aromatic heterocycles. The van der Waals surface area contributed by atoms with Crippen LogP contribution in [0.2, 0.25) is 0 Å². The molecule has 0 aliphatic heterocycles.